The lowest BCUT2D eigenvalue weighted by Gasteiger charge is -2.34. The third kappa shape index (κ3) is 4.67. The van der Waals surface area contributed by atoms with E-state index in [1.807, 2.05) is 0 Å². The number of rotatable bonds is 5. The van der Waals surface area contributed by atoms with Gasteiger partial charge in [-0.3, -0.25) is 0 Å². The molecule has 0 saturated carbocycles. The molecule has 2 aromatic carbocycles. The van der Waals surface area contributed by atoms with Crippen molar-refractivity contribution < 1.29 is 0 Å². The lowest BCUT2D eigenvalue weighted by atomic mass is 10.1. The van der Waals surface area contributed by atoms with Crippen molar-refractivity contribution in [1.29, 1.82) is 0 Å². The van der Waals surface area contributed by atoms with Crippen LogP contribution in [0.25, 0.3) is 0 Å². The van der Waals surface area contributed by atoms with E-state index in [9.17, 15) is 0 Å². The van der Waals surface area contributed by atoms with Crippen molar-refractivity contribution in [3.8, 4) is 0 Å². The maximum Gasteiger partial charge on any atom is 0.229 e. The Labute approximate surface area is 191 Å². The van der Waals surface area contributed by atoms with Gasteiger partial charge in [0.25, 0.3) is 0 Å². The lowest BCUT2D eigenvalue weighted by molar-refractivity contribution is 0.313. The second kappa shape index (κ2) is 8.85. The molecule has 31 heavy (non-hydrogen) atoms. The molecule has 2 N–H and O–H groups in total. The zero-order valence-corrected chi connectivity index (χ0v) is 19.3. The number of piperazine rings is 1. The highest BCUT2D eigenvalue weighted by atomic mass is 79.9. The van der Waals surface area contributed by atoms with Gasteiger partial charge in [0, 0.05) is 49.4 Å². The van der Waals surface area contributed by atoms with E-state index in [0.29, 0.717) is 5.95 Å². The predicted molar refractivity (Wildman–Crippen MR) is 131 cm³/mol. The number of nitrogens with zero attached hydrogens (tertiary/aromatic N) is 4. The maximum absolute atomic E-state index is 4.68. The Morgan fingerprint density at radius 3 is 2.42 bits per heavy atom. The summed E-state index contributed by atoms with van der Waals surface area (Å²) in [7, 11) is 2.18. The first-order valence-electron chi connectivity index (χ1n) is 10.9. The van der Waals surface area contributed by atoms with Crippen LogP contribution in [0.1, 0.15) is 17.5 Å². The van der Waals surface area contributed by atoms with Crippen molar-refractivity contribution in [3.05, 3.63) is 64.3 Å². The van der Waals surface area contributed by atoms with Crippen molar-refractivity contribution in [3.63, 3.8) is 0 Å². The van der Waals surface area contributed by atoms with Crippen LogP contribution < -0.4 is 15.5 Å². The zero-order valence-electron chi connectivity index (χ0n) is 17.7. The topological polar surface area (TPSA) is 56.3 Å². The van der Waals surface area contributed by atoms with Crippen LogP contribution in [0.15, 0.2) is 53.1 Å². The van der Waals surface area contributed by atoms with Gasteiger partial charge in [0.15, 0.2) is 0 Å². The molecule has 3 aromatic rings. The number of halogens is 1. The van der Waals surface area contributed by atoms with Gasteiger partial charge in [-0.1, -0.05) is 6.07 Å². The number of aryl methyl sites for hydroxylation is 2. The summed E-state index contributed by atoms with van der Waals surface area (Å²) in [4.78, 5) is 13.9. The third-order valence-corrected chi connectivity index (χ3v) is 6.68. The maximum atomic E-state index is 4.68. The first-order valence-corrected chi connectivity index (χ1v) is 11.7. The average Bonchev–Trinajstić information content (AvgIpc) is 3.25. The van der Waals surface area contributed by atoms with E-state index in [4.69, 9.17) is 0 Å². The van der Waals surface area contributed by atoms with Gasteiger partial charge < -0.3 is 20.4 Å². The number of hydrogen-bond acceptors (Lipinski definition) is 6. The van der Waals surface area contributed by atoms with Gasteiger partial charge in [0.2, 0.25) is 5.95 Å². The van der Waals surface area contributed by atoms with Crippen molar-refractivity contribution >= 4 is 44.8 Å². The minimum atomic E-state index is 0.569. The Morgan fingerprint density at radius 1 is 0.871 bits per heavy atom. The molecule has 2 heterocycles. The van der Waals surface area contributed by atoms with Crippen LogP contribution in [0.3, 0.4) is 0 Å². The Bertz CT molecular complexity index is 1060. The molecule has 5 rings (SSSR count). The second-order valence-electron chi connectivity index (χ2n) is 8.31. The summed E-state index contributed by atoms with van der Waals surface area (Å²) in [6.07, 6.45) is 5.38. The van der Waals surface area contributed by atoms with Gasteiger partial charge in [0.1, 0.15) is 5.82 Å². The summed E-state index contributed by atoms with van der Waals surface area (Å²) in [6.45, 7) is 4.34. The van der Waals surface area contributed by atoms with Gasteiger partial charge in [-0.15, -0.1) is 0 Å². The molecule has 1 aliphatic carbocycles. The van der Waals surface area contributed by atoms with Gasteiger partial charge in [-0.05, 0) is 89.8 Å². The molecule has 6 nitrogen and oxygen atoms in total. The summed E-state index contributed by atoms with van der Waals surface area (Å²) < 4.78 is 0.837. The van der Waals surface area contributed by atoms with Gasteiger partial charge in [-0.25, -0.2) is 4.98 Å². The molecule has 1 aromatic heterocycles. The van der Waals surface area contributed by atoms with Gasteiger partial charge in [-0.2, -0.15) is 4.98 Å². The number of anilines is 5. The van der Waals surface area contributed by atoms with Crippen molar-refractivity contribution in [2.45, 2.75) is 19.3 Å². The van der Waals surface area contributed by atoms with E-state index in [2.05, 4.69) is 95.8 Å². The fourth-order valence-electron chi connectivity index (χ4n) is 4.25. The van der Waals surface area contributed by atoms with Crippen molar-refractivity contribution in [2.75, 3.05) is 48.8 Å². The fourth-order valence-corrected chi connectivity index (χ4v) is 4.54. The van der Waals surface area contributed by atoms with E-state index < -0.39 is 0 Å². The number of aromatic nitrogens is 2. The summed E-state index contributed by atoms with van der Waals surface area (Å²) in [5.74, 6) is 1.32. The standard InChI is InChI=1S/C24H27BrN6/c1-30-11-13-31(14-12-30)21-9-7-19(8-10-21)28-24-26-16-22(25)23(29-24)27-20-6-5-17-3-2-4-18(17)15-20/h5-10,15-16H,2-4,11-14H2,1H3,(H2,26,27,28,29). The Morgan fingerprint density at radius 2 is 1.61 bits per heavy atom. The van der Waals surface area contributed by atoms with Crippen LogP contribution in [0.4, 0.5) is 28.8 Å². The molecule has 1 aliphatic heterocycles. The molecule has 0 radical (unpaired) electrons. The van der Waals surface area contributed by atoms with Crippen LogP contribution in [0.5, 0.6) is 0 Å². The lowest BCUT2D eigenvalue weighted by Crippen LogP contribution is -2.44. The van der Waals surface area contributed by atoms with Crippen LogP contribution in [-0.4, -0.2) is 48.1 Å². The average molecular weight is 479 g/mol. The van der Waals surface area contributed by atoms with Crippen molar-refractivity contribution in [2.24, 2.45) is 0 Å². The van der Waals surface area contributed by atoms with Crippen LogP contribution >= 0.6 is 15.9 Å². The molecule has 0 bridgehead atoms. The van der Waals surface area contributed by atoms with E-state index in [1.54, 1.807) is 6.20 Å². The first kappa shape index (κ1) is 20.3. The molecule has 7 heteroatoms. The zero-order chi connectivity index (χ0) is 21.2. The fraction of sp³-hybridized carbons (Fsp3) is 0.333. The second-order valence-corrected chi connectivity index (χ2v) is 9.17. The molecule has 0 spiro atoms. The molecule has 1 fully saturated rings. The van der Waals surface area contributed by atoms with Crippen LogP contribution in [0, 0.1) is 0 Å². The molecule has 0 amide bonds. The van der Waals surface area contributed by atoms with Crippen LogP contribution in [-0.2, 0) is 12.8 Å². The molecular formula is C24H27BrN6. The molecular weight excluding hydrogens is 452 g/mol. The first-order chi connectivity index (χ1) is 15.1. The monoisotopic (exact) mass is 478 g/mol. The number of benzene rings is 2. The smallest absolute Gasteiger partial charge is 0.229 e. The Balaban J connectivity index is 1.28. The van der Waals surface area contributed by atoms with Crippen molar-refractivity contribution in [1.82, 2.24) is 14.9 Å². The van der Waals surface area contributed by atoms with Crippen LogP contribution in [0.2, 0.25) is 0 Å². The Hall–Kier alpha value is -2.64. The van der Waals surface area contributed by atoms with E-state index in [0.717, 1.165) is 54.3 Å². The minimum Gasteiger partial charge on any atom is -0.369 e. The summed E-state index contributed by atoms with van der Waals surface area (Å²) >= 11 is 3.57. The number of nitrogens with one attached hydrogen (secondary N) is 2. The number of fused-ring (bicyclic) bond motifs is 1. The normalized spacial score (nSPS) is 16.3. The number of likely N-dealkylation sites (N-methyl/N-ethyl adjacent to an activating group) is 1. The quantitative estimate of drug-likeness (QED) is 0.539. The van der Waals surface area contributed by atoms with Gasteiger partial charge >= 0.3 is 0 Å². The number of hydrogen-bond donors (Lipinski definition) is 2. The summed E-state index contributed by atoms with van der Waals surface area (Å²) in [5.41, 5.74) is 6.20. The molecule has 2 aliphatic rings. The van der Waals surface area contributed by atoms with E-state index in [1.165, 1.54) is 29.7 Å². The highest BCUT2D eigenvalue weighted by molar-refractivity contribution is 9.10. The Kier molecular flexibility index (Phi) is 5.78. The molecule has 0 atom stereocenters. The molecule has 160 valence electrons. The SMILES string of the molecule is CN1CCN(c2ccc(Nc3ncc(Br)c(Nc4ccc5c(c4)CCC5)n3)cc2)CC1. The summed E-state index contributed by atoms with van der Waals surface area (Å²) in [5, 5.41) is 6.76. The molecule has 0 unspecified atom stereocenters. The van der Waals surface area contributed by atoms with Gasteiger partial charge in [0.05, 0.1) is 4.47 Å². The highest BCUT2D eigenvalue weighted by Gasteiger charge is 2.15. The minimum absolute atomic E-state index is 0.569. The molecule has 1 saturated heterocycles. The highest BCUT2D eigenvalue weighted by Crippen LogP contribution is 2.29. The summed E-state index contributed by atoms with van der Waals surface area (Å²) in [6, 6.07) is 15.1. The van der Waals surface area contributed by atoms with E-state index >= 15 is 0 Å². The third-order valence-electron chi connectivity index (χ3n) is 6.10. The van der Waals surface area contributed by atoms with E-state index in [-0.39, 0.29) is 0 Å². The predicted octanol–water partition coefficient (Wildman–Crippen LogP) is 4.97. The largest absolute Gasteiger partial charge is 0.369 e.